The van der Waals surface area contributed by atoms with E-state index in [1.807, 2.05) is 67.6 Å². The van der Waals surface area contributed by atoms with Crippen molar-refractivity contribution in [3.63, 3.8) is 0 Å². The predicted molar refractivity (Wildman–Crippen MR) is 108 cm³/mol. The summed E-state index contributed by atoms with van der Waals surface area (Å²) in [6.07, 6.45) is 1.53. The lowest BCUT2D eigenvalue weighted by Crippen LogP contribution is -2.44. The summed E-state index contributed by atoms with van der Waals surface area (Å²) >= 11 is 0. The van der Waals surface area contributed by atoms with E-state index in [2.05, 4.69) is 15.6 Å². The molecule has 0 spiro atoms. The fourth-order valence-corrected chi connectivity index (χ4v) is 3.23. The average molecular weight is 386 g/mol. The van der Waals surface area contributed by atoms with Gasteiger partial charge in [0.15, 0.2) is 5.69 Å². The molecule has 0 unspecified atom stereocenters. The van der Waals surface area contributed by atoms with Crippen LogP contribution in [0.1, 0.15) is 28.5 Å². The number of hydrogen-bond acceptors (Lipinski definition) is 3. The number of nitrogens with one attached hydrogen (secondary N) is 1. The van der Waals surface area contributed by atoms with Crippen LogP contribution in [0.4, 0.5) is 4.39 Å². The van der Waals surface area contributed by atoms with Crippen molar-refractivity contribution in [2.75, 3.05) is 0 Å². The van der Waals surface area contributed by atoms with Crippen molar-refractivity contribution < 1.29 is 9.18 Å². The van der Waals surface area contributed by atoms with E-state index in [0.717, 1.165) is 11.1 Å². The summed E-state index contributed by atoms with van der Waals surface area (Å²) in [5, 5.41) is 11.1. The first-order valence-electron chi connectivity index (χ1n) is 9.18. The van der Waals surface area contributed by atoms with E-state index in [-0.39, 0.29) is 17.4 Å². The smallest absolute Gasteiger partial charge is 0.274 e. The molecule has 0 aliphatic rings. The molecule has 1 heterocycles. The monoisotopic (exact) mass is 386 g/mol. The summed E-state index contributed by atoms with van der Waals surface area (Å²) in [6.45, 7) is 1.96. The van der Waals surface area contributed by atoms with Crippen molar-refractivity contribution >= 4 is 5.91 Å². The molecule has 144 valence electrons. The minimum atomic E-state index is -0.751. The van der Waals surface area contributed by atoms with Crippen molar-refractivity contribution in [2.24, 2.45) is 0 Å². The molecule has 1 aromatic heterocycles. The SMILES string of the molecule is CC(NC(=O)c1cn(-c2ccc(F)cc2)nn1)(c1ccccc1)c1ccccc1. The second kappa shape index (κ2) is 7.67. The van der Waals surface area contributed by atoms with E-state index >= 15 is 0 Å². The molecule has 0 fully saturated rings. The Morgan fingerprint density at radius 1 is 0.897 bits per heavy atom. The normalized spacial score (nSPS) is 11.2. The van der Waals surface area contributed by atoms with Crippen LogP contribution in [0.15, 0.2) is 91.1 Å². The second-order valence-electron chi connectivity index (χ2n) is 6.84. The standard InChI is InChI=1S/C23H19FN4O/c1-23(17-8-4-2-5-9-17,18-10-6-3-7-11-18)25-22(29)21-16-28(27-26-21)20-14-12-19(24)13-15-20/h2-16H,1H3,(H,25,29). The third-order valence-electron chi connectivity index (χ3n) is 4.88. The Bertz CT molecular complexity index is 1070. The first-order valence-corrected chi connectivity index (χ1v) is 9.18. The third kappa shape index (κ3) is 3.78. The van der Waals surface area contributed by atoms with Crippen molar-refractivity contribution in [3.8, 4) is 5.69 Å². The molecule has 1 N–H and O–H groups in total. The summed E-state index contributed by atoms with van der Waals surface area (Å²) in [6, 6.07) is 25.3. The molecule has 0 radical (unpaired) electrons. The van der Waals surface area contributed by atoms with Gasteiger partial charge in [-0.3, -0.25) is 4.79 Å². The number of amides is 1. The van der Waals surface area contributed by atoms with E-state index in [4.69, 9.17) is 0 Å². The number of halogens is 1. The summed E-state index contributed by atoms with van der Waals surface area (Å²) in [5.74, 6) is -0.693. The number of nitrogens with zero attached hydrogens (tertiary/aromatic N) is 3. The molecule has 6 heteroatoms. The van der Waals surface area contributed by atoms with Gasteiger partial charge in [0, 0.05) is 0 Å². The van der Waals surface area contributed by atoms with Crippen molar-refractivity contribution in [1.29, 1.82) is 0 Å². The maximum Gasteiger partial charge on any atom is 0.274 e. The van der Waals surface area contributed by atoms with Gasteiger partial charge in [0.05, 0.1) is 17.4 Å². The lowest BCUT2D eigenvalue weighted by Gasteiger charge is -2.32. The molecule has 4 rings (SSSR count). The van der Waals surface area contributed by atoms with Gasteiger partial charge in [-0.05, 0) is 42.3 Å². The molecule has 1 amide bonds. The van der Waals surface area contributed by atoms with Crippen molar-refractivity contribution in [3.05, 3.63) is 114 Å². The van der Waals surface area contributed by atoms with Gasteiger partial charge in [-0.15, -0.1) is 5.10 Å². The molecule has 0 atom stereocenters. The zero-order valence-corrected chi connectivity index (χ0v) is 15.8. The van der Waals surface area contributed by atoms with Gasteiger partial charge in [-0.1, -0.05) is 65.9 Å². The third-order valence-corrected chi connectivity index (χ3v) is 4.88. The number of rotatable bonds is 5. The molecule has 3 aromatic carbocycles. The van der Waals surface area contributed by atoms with Crippen LogP contribution in [0.25, 0.3) is 5.69 Å². The van der Waals surface area contributed by atoms with E-state index in [9.17, 15) is 9.18 Å². The first kappa shape index (κ1) is 18.6. The highest BCUT2D eigenvalue weighted by atomic mass is 19.1. The summed E-state index contributed by atoms with van der Waals surface area (Å²) in [7, 11) is 0. The van der Waals surface area contributed by atoms with Crippen molar-refractivity contribution in [1.82, 2.24) is 20.3 Å². The van der Waals surface area contributed by atoms with E-state index in [0.29, 0.717) is 5.69 Å². The molecule has 29 heavy (non-hydrogen) atoms. The highest BCUT2D eigenvalue weighted by Gasteiger charge is 2.31. The van der Waals surface area contributed by atoms with Crippen LogP contribution in [-0.2, 0) is 5.54 Å². The zero-order chi connectivity index (χ0) is 20.3. The van der Waals surface area contributed by atoms with E-state index in [1.54, 1.807) is 12.1 Å². The molecule has 0 saturated heterocycles. The Hall–Kier alpha value is -3.80. The Kier molecular flexibility index (Phi) is 4.91. The summed E-state index contributed by atoms with van der Waals surface area (Å²) < 4.78 is 14.6. The molecule has 0 aliphatic heterocycles. The zero-order valence-electron chi connectivity index (χ0n) is 15.8. The van der Waals surface area contributed by atoms with E-state index in [1.165, 1.54) is 23.0 Å². The maximum absolute atomic E-state index is 13.1. The van der Waals surface area contributed by atoms with Gasteiger partial charge >= 0.3 is 0 Å². The molecule has 0 saturated carbocycles. The molecule has 4 aromatic rings. The van der Waals surface area contributed by atoms with E-state index < -0.39 is 5.54 Å². The number of aromatic nitrogens is 3. The highest BCUT2D eigenvalue weighted by molar-refractivity contribution is 5.93. The summed E-state index contributed by atoms with van der Waals surface area (Å²) in [5.41, 5.74) is 1.94. The number of hydrogen-bond donors (Lipinski definition) is 1. The lowest BCUT2D eigenvalue weighted by atomic mass is 9.84. The van der Waals surface area contributed by atoms with Gasteiger partial charge in [0.1, 0.15) is 5.82 Å². The molecule has 0 aliphatic carbocycles. The van der Waals surface area contributed by atoms with Gasteiger partial charge in [0.2, 0.25) is 0 Å². The number of benzene rings is 3. The topological polar surface area (TPSA) is 59.8 Å². The molecular formula is C23H19FN4O. The Labute approximate surface area is 167 Å². The quantitative estimate of drug-likeness (QED) is 0.562. The lowest BCUT2D eigenvalue weighted by molar-refractivity contribution is 0.0914. The predicted octanol–water partition coefficient (Wildman–Crippen LogP) is 4.10. The van der Waals surface area contributed by atoms with Crippen LogP contribution >= 0.6 is 0 Å². The van der Waals surface area contributed by atoms with Crippen LogP contribution < -0.4 is 5.32 Å². The Morgan fingerprint density at radius 3 is 2.00 bits per heavy atom. The Morgan fingerprint density at radius 2 is 1.45 bits per heavy atom. The van der Waals surface area contributed by atoms with Crippen LogP contribution in [0, 0.1) is 5.82 Å². The van der Waals surface area contributed by atoms with Crippen molar-refractivity contribution in [2.45, 2.75) is 12.5 Å². The minimum absolute atomic E-state index is 0.174. The van der Waals surface area contributed by atoms with Gasteiger partial charge in [0.25, 0.3) is 5.91 Å². The second-order valence-corrected chi connectivity index (χ2v) is 6.84. The van der Waals surface area contributed by atoms with Crippen LogP contribution in [0.3, 0.4) is 0 Å². The van der Waals surface area contributed by atoms with Gasteiger partial charge < -0.3 is 5.32 Å². The van der Waals surface area contributed by atoms with Gasteiger partial charge in [-0.2, -0.15) is 0 Å². The molecule has 5 nitrogen and oxygen atoms in total. The van der Waals surface area contributed by atoms with Crippen LogP contribution in [0.2, 0.25) is 0 Å². The fourth-order valence-electron chi connectivity index (χ4n) is 3.23. The minimum Gasteiger partial charge on any atom is -0.337 e. The molecule has 0 bridgehead atoms. The molecular weight excluding hydrogens is 367 g/mol. The summed E-state index contributed by atoms with van der Waals surface area (Å²) in [4.78, 5) is 13.0. The highest BCUT2D eigenvalue weighted by Crippen LogP contribution is 2.29. The Balaban J connectivity index is 1.65. The fraction of sp³-hybridized carbons (Fsp3) is 0.0870. The first-order chi connectivity index (χ1) is 14.1. The van der Waals surface area contributed by atoms with Crippen LogP contribution in [0.5, 0.6) is 0 Å². The maximum atomic E-state index is 13.1. The largest absolute Gasteiger partial charge is 0.337 e. The number of carbonyl (C=O) groups excluding carboxylic acids is 1. The van der Waals surface area contributed by atoms with Gasteiger partial charge in [-0.25, -0.2) is 9.07 Å². The van der Waals surface area contributed by atoms with Crippen LogP contribution in [-0.4, -0.2) is 20.9 Å². The number of carbonyl (C=O) groups is 1. The average Bonchev–Trinajstić information content (AvgIpc) is 3.26.